The van der Waals surface area contributed by atoms with Gasteiger partial charge in [0.2, 0.25) is 11.8 Å². The summed E-state index contributed by atoms with van der Waals surface area (Å²) in [5, 5.41) is 9.30. The molecule has 1 aromatic rings. The van der Waals surface area contributed by atoms with E-state index in [4.69, 9.17) is 0 Å². The van der Waals surface area contributed by atoms with Gasteiger partial charge in [0.05, 0.1) is 11.3 Å². The van der Waals surface area contributed by atoms with E-state index < -0.39 is 11.4 Å². The third-order valence-electron chi connectivity index (χ3n) is 5.36. The van der Waals surface area contributed by atoms with E-state index in [9.17, 15) is 19.5 Å². The molecule has 1 N–H and O–H groups in total. The highest BCUT2D eigenvalue weighted by Crippen LogP contribution is 2.32. The summed E-state index contributed by atoms with van der Waals surface area (Å²) in [5.41, 5.74) is 1.34. The van der Waals surface area contributed by atoms with Gasteiger partial charge >= 0.3 is 5.97 Å². The van der Waals surface area contributed by atoms with Crippen LogP contribution in [0.15, 0.2) is 24.3 Å². The van der Waals surface area contributed by atoms with Crippen molar-refractivity contribution in [2.45, 2.75) is 33.2 Å². The molecule has 2 amide bonds. The number of hydrogen-bond acceptors (Lipinski definition) is 3. The van der Waals surface area contributed by atoms with Crippen molar-refractivity contribution >= 4 is 17.8 Å². The second-order valence-electron chi connectivity index (χ2n) is 7.54. The lowest BCUT2D eigenvalue weighted by Gasteiger charge is -2.23. The van der Waals surface area contributed by atoms with Gasteiger partial charge in [-0.05, 0) is 25.8 Å². The average Bonchev–Trinajstić information content (AvgIpc) is 3.14. The zero-order chi connectivity index (χ0) is 18.2. The number of carbonyl (C=O) groups is 3. The molecule has 6 heteroatoms. The van der Waals surface area contributed by atoms with Gasteiger partial charge in [0.15, 0.2) is 0 Å². The first-order valence-electron chi connectivity index (χ1n) is 8.64. The Hall–Kier alpha value is -2.37. The van der Waals surface area contributed by atoms with Gasteiger partial charge in [0, 0.05) is 32.6 Å². The van der Waals surface area contributed by atoms with Crippen molar-refractivity contribution in [3.8, 4) is 0 Å². The molecule has 2 saturated heterocycles. The zero-order valence-corrected chi connectivity index (χ0v) is 14.7. The zero-order valence-electron chi connectivity index (χ0n) is 14.7. The third kappa shape index (κ3) is 3.52. The second kappa shape index (κ2) is 6.50. The van der Waals surface area contributed by atoms with Crippen LogP contribution in [0.3, 0.4) is 0 Å². The molecule has 0 aromatic heterocycles. The molecule has 2 aliphatic rings. The molecule has 1 aromatic carbocycles. The Morgan fingerprint density at radius 3 is 2.56 bits per heavy atom. The normalized spacial score (nSPS) is 26.3. The number of carbonyl (C=O) groups excluding carboxylic acids is 2. The first kappa shape index (κ1) is 17.5. The lowest BCUT2D eigenvalue weighted by Crippen LogP contribution is -2.38. The molecule has 2 aliphatic heterocycles. The van der Waals surface area contributed by atoms with E-state index in [-0.39, 0.29) is 30.7 Å². The predicted molar refractivity (Wildman–Crippen MR) is 91.6 cm³/mol. The number of aliphatic carboxylic acids is 1. The number of carboxylic acid groups (broad SMARTS) is 1. The molecular weight excluding hydrogens is 320 g/mol. The minimum atomic E-state index is -0.875. The Bertz CT molecular complexity index is 700. The van der Waals surface area contributed by atoms with Gasteiger partial charge in [0.25, 0.3) is 0 Å². The summed E-state index contributed by atoms with van der Waals surface area (Å²) in [7, 11) is 0. The van der Waals surface area contributed by atoms with Crippen molar-refractivity contribution in [2.75, 3.05) is 19.6 Å². The van der Waals surface area contributed by atoms with Crippen LogP contribution in [-0.2, 0) is 20.9 Å². The number of aryl methyl sites for hydroxylation is 1. The second-order valence-corrected chi connectivity index (χ2v) is 7.54. The molecule has 0 spiro atoms. The molecule has 0 aliphatic carbocycles. The first-order chi connectivity index (χ1) is 11.8. The number of likely N-dealkylation sites (tertiary alicyclic amines) is 2. The molecule has 2 heterocycles. The molecule has 0 saturated carbocycles. The molecular formula is C19H24N2O4. The van der Waals surface area contributed by atoms with Crippen LogP contribution in [0.1, 0.15) is 30.9 Å². The fraction of sp³-hybridized carbons (Fsp3) is 0.526. The Kier molecular flexibility index (Phi) is 4.54. The maximum Gasteiger partial charge on any atom is 0.311 e. The predicted octanol–water partition coefficient (Wildman–Crippen LogP) is 1.67. The van der Waals surface area contributed by atoms with Crippen LogP contribution in [0, 0.1) is 18.3 Å². The Balaban J connectivity index is 1.61. The van der Waals surface area contributed by atoms with Crippen molar-refractivity contribution in [2.24, 2.45) is 11.3 Å². The highest BCUT2D eigenvalue weighted by molar-refractivity contribution is 5.90. The van der Waals surface area contributed by atoms with E-state index in [2.05, 4.69) is 0 Å². The van der Waals surface area contributed by atoms with Crippen molar-refractivity contribution in [3.05, 3.63) is 35.4 Å². The van der Waals surface area contributed by atoms with Crippen molar-refractivity contribution in [1.82, 2.24) is 9.80 Å². The summed E-state index contributed by atoms with van der Waals surface area (Å²) in [5.74, 6) is -1.34. The number of amides is 2. The maximum absolute atomic E-state index is 12.7. The summed E-state index contributed by atoms with van der Waals surface area (Å²) < 4.78 is 0. The average molecular weight is 344 g/mol. The molecule has 2 fully saturated rings. The molecule has 0 bridgehead atoms. The van der Waals surface area contributed by atoms with E-state index in [1.165, 1.54) is 5.56 Å². The highest BCUT2D eigenvalue weighted by atomic mass is 16.4. The van der Waals surface area contributed by atoms with Gasteiger partial charge in [0.1, 0.15) is 0 Å². The van der Waals surface area contributed by atoms with Crippen LogP contribution < -0.4 is 0 Å². The first-order valence-corrected chi connectivity index (χ1v) is 8.64. The smallest absolute Gasteiger partial charge is 0.311 e. The monoisotopic (exact) mass is 344 g/mol. The van der Waals surface area contributed by atoms with Crippen LogP contribution in [-0.4, -0.2) is 52.3 Å². The summed E-state index contributed by atoms with van der Waals surface area (Å²) in [6.45, 7) is 5.28. The number of benzene rings is 1. The van der Waals surface area contributed by atoms with E-state index >= 15 is 0 Å². The summed E-state index contributed by atoms with van der Waals surface area (Å²) in [6, 6.07) is 8.01. The SMILES string of the molecule is Cc1ccc(CN2CC(C(=O)N3CCC(C)(C(=O)O)C3)CC2=O)cc1. The van der Waals surface area contributed by atoms with Gasteiger partial charge in [-0.3, -0.25) is 14.4 Å². The minimum Gasteiger partial charge on any atom is -0.481 e. The van der Waals surface area contributed by atoms with Crippen molar-refractivity contribution in [1.29, 1.82) is 0 Å². The van der Waals surface area contributed by atoms with Gasteiger partial charge in [-0.25, -0.2) is 0 Å². The van der Waals surface area contributed by atoms with Crippen LogP contribution in [0.25, 0.3) is 0 Å². The topological polar surface area (TPSA) is 77.9 Å². The molecule has 3 rings (SSSR count). The fourth-order valence-electron chi connectivity index (χ4n) is 3.59. The van der Waals surface area contributed by atoms with E-state index in [0.717, 1.165) is 5.56 Å². The molecule has 25 heavy (non-hydrogen) atoms. The van der Waals surface area contributed by atoms with E-state index in [1.54, 1.807) is 16.7 Å². The Morgan fingerprint density at radius 1 is 1.28 bits per heavy atom. The molecule has 6 nitrogen and oxygen atoms in total. The molecule has 2 unspecified atom stereocenters. The van der Waals surface area contributed by atoms with Crippen LogP contribution >= 0.6 is 0 Å². The largest absolute Gasteiger partial charge is 0.481 e. The number of hydrogen-bond donors (Lipinski definition) is 1. The van der Waals surface area contributed by atoms with Gasteiger partial charge in [-0.1, -0.05) is 29.8 Å². The van der Waals surface area contributed by atoms with Gasteiger partial charge in [-0.2, -0.15) is 0 Å². The molecule has 2 atom stereocenters. The number of rotatable bonds is 4. The maximum atomic E-state index is 12.7. The van der Waals surface area contributed by atoms with Crippen LogP contribution in [0.4, 0.5) is 0 Å². The standard InChI is InChI=1S/C19H24N2O4/c1-13-3-5-14(6-4-13)10-21-11-15(9-16(21)22)17(23)20-8-7-19(2,12-20)18(24)25/h3-6,15H,7-12H2,1-2H3,(H,24,25). The van der Waals surface area contributed by atoms with E-state index in [1.807, 2.05) is 31.2 Å². The summed E-state index contributed by atoms with van der Waals surface area (Å²) >= 11 is 0. The fourth-order valence-corrected chi connectivity index (χ4v) is 3.59. The van der Waals surface area contributed by atoms with Crippen molar-refractivity contribution in [3.63, 3.8) is 0 Å². The van der Waals surface area contributed by atoms with E-state index in [0.29, 0.717) is 26.1 Å². The van der Waals surface area contributed by atoms with Crippen molar-refractivity contribution < 1.29 is 19.5 Å². The minimum absolute atomic E-state index is 0.0147. The Morgan fingerprint density at radius 2 is 1.96 bits per heavy atom. The number of nitrogens with zero attached hydrogens (tertiary/aromatic N) is 2. The third-order valence-corrected chi connectivity index (χ3v) is 5.36. The highest BCUT2D eigenvalue weighted by Gasteiger charge is 2.45. The number of carboxylic acids is 1. The van der Waals surface area contributed by atoms with Gasteiger partial charge in [-0.15, -0.1) is 0 Å². The van der Waals surface area contributed by atoms with Crippen LogP contribution in [0.5, 0.6) is 0 Å². The molecule has 0 radical (unpaired) electrons. The Labute approximate surface area is 147 Å². The van der Waals surface area contributed by atoms with Gasteiger partial charge < -0.3 is 14.9 Å². The molecule has 134 valence electrons. The summed E-state index contributed by atoms with van der Waals surface area (Å²) in [4.78, 5) is 39.7. The lowest BCUT2D eigenvalue weighted by molar-refractivity contribution is -0.147. The quantitative estimate of drug-likeness (QED) is 0.901. The summed E-state index contributed by atoms with van der Waals surface area (Å²) in [6.07, 6.45) is 0.673. The lowest BCUT2D eigenvalue weighted by atomic mass is 9.90. The van der Waals surface area contributed by atoms with Crippen LogP contribution in [0.2, 0.25) is 0 Å².